The molecule has 172 valence electrons. The lowest BCUT2D eigenvalue weighted by atomic mass is 10.1. The number of carbonyl (C=O) groups excluding carboxylic acids is 2. The molecule has 0 aliphatic carbocycles. The lowest BCUT2D eigenvalue weighted by molar-refractivity contribution is -0.148. The third kappa shape index (κ3) is 5.07. The summed E-state index contributed by atoms with van der Waals surface area (Å²) in [4.78, 5) is 27.4. The fraction of sp³-hybridized carbons (Fsp3) is 0.417. The van der Waals surface area contributed by atoms with Gasteiger partial charge in [0.1, 0.15) is 17.5 Å². The van der Waals surface area contributed by atoms with E-state index in [9.17, 15) is 9.59 Å². The van der Waals surface area contributed by atoms with Gasteiger partial charge in [0.25, 0.3) is 5.91 Å². The van der Waals surface area contributed by atoms with Crippen molar-refractivity contribution in [1.29, 1.82) is 0 Å². The Labute approximate surface area is 188 Å². The minimum absolute atomic E-state index is 0.207. The van der Waals surface area contributed by atoms with E-state index in [1.54, 1.807) is 44.4 Å². The van der Waals surface area contributed by atoms with Gasteiger partial charge in [-0.1, -0.05) is 6.07 Å². The highest BCUT2D eigenvalue weighted by Crippen LogP contribution is 2.30. The van der Waals surface area contributed by atoms with Crippen LogP contribution in [-0.2, 0) is 16.0 Å². The van der Waals surface area contributed by atoms with E-state index in [-0.39, 0.29) is 12.5 Å². The number of rotatable bonds is 9. The molecule has 1 aliphatic rings. The molecule has 32 heavy (non-hydrogen) atoms. The Bertz CT molecular complexity index is 959. The fourth-order valence-electron chi connectivity index (χ4n) is 3.79. The van der Waals surface area contributed by atoms with Crippen LogP contribution in [0, 0.1) is 0 Å². The lowest BCUT2D eigenvalue weighted by Crippen LogP contribution is -2.41. The molecular formula is C24H29NO7. The highest BCUT2D eigenvalue weighted by atomic mass is 16.5. The van der Waals surface area contributed by atoms with Gasteiger partial charge >= 0.3 is 5.97 Å². The van der Waals surface area contributed by atoms with E-state index < -0.39 is 12.0 Å². The zero-order valence-electron chi connectivity index (χ0n) is 18.9. The van der Waals surface area contributed by atoms with Crippen LogP contribution in [0.25, 0.3) is 0 Å². The van der Waals surface area contributed by atoms with E-state index in [0.29, 0.717) is 47.9 Å². The molecule has 1 amide bonds. The van der Waals surface area contributed by atoms with Crippen LogP contribution in [0.5, 0.6) is 23.0 Å². The third-order valence-corrected chi connectivity index (χ3v) is 5.51. The molecule has 1 aliphatic heterocycles. The molecule has 8 heteroatoms. The molecule has 1 heterocycles. The number of carbonyl (C=O) groups is 2. The monoisotopic (exact) mass is 443 g/mol. The number of likely N-dealkylation sites (tertiary alicyclic amines) is 1. The van der Waals surface area contributed by atoms with Crippen molar-refractivity contribution < 1.29 is 33.3 Å². The summed E-state index contributed by atoms with van der Waals surface area (Å²) in [6.07, 6.45) is 1.83. The predicted octanol–water partition coefficient (Wildman–Crippen LogP) is 3.11. The van der Waals surface area contributed by atoms with Crippen LogP contribution in [0.15, 0.2) is 36.4 Å². The van der Waals surface area contributed by atoms with Crippen LogP contribution in [0.2, 0.25) is 0 Å². The summed E-state index contributed by atoms with van der Waals surface area (Å²) in [5.74, 6) is 1.60. The Hall–Kier alpha value is -3.42. The summed E-state index contributed by atoms with van der Waals surface area (Å²) < 4.78 is 26.6. The SMILES string of the molecule is COc1ccc(C(=O)N2CCC[C@H]2C(=O)OCCc2ccc(OC)c(OC)c2)c(OC)c1. The molecular weight excluding hydrogens is 414 g/mol. The van der Waals surface area contributed by atoms with Crippen LogP contribution in [0.3, 0.4) is 0 Å². The maximum absolute atomic E-state index is 13.1. The van der Waals surface area contributed by atoms with Gasteiger partial charge < -0.3 is 28.6 Å². The Kier molecular flexibility index (Phi) is 7.81. The van der Waals surface area contributed by atoms with Crippen molar-refractivity contribution in [1.82, 2.24) is 4.90 Å². The molecule has 2 aromatic rings. The highest BCUT2D eigenvalue weighted by molar-refractivity contribution is 5.99. The second-order valence-corrected chi connectivity index (χ2v) is 7.33. The molecule has 1 atom stereocenters. The van der Waals surface area contributed by atoms with Gasteiger partial charge in [-0.3, -0.25) is 4.79 Å². The zero-order valence-corrected chi connectivity index (χ0v) is 18.9. The first-order valence-corrected chi connectivity index (χ1v) is 10.4. The largest absolute Gasteiger partial charge is 0.497 e. The van der Waals surface area contributed by atoms with Crippen molar-refractivity contribution in [3.05, 3.63) is 47.5 Å². The quantitative estimate of drug-likeness (QED) is 0.551. The molecule has 0 aromatic heterocycles. The summed E-state index contributed by atoms with van der Waals surface area (Å²) in [6, 6.07) is 9.96. The molecule has 3 rings (SSSR count). The van der Waals surface area contributed by atoms with Gasteiger partial charge in [-0.2, -0.15) is 0 Å². The van der Waals surface area contributed by atoms with Crippen LogP contribution >= 0.6 is 0 Å². The van der Waals surface area contributed by atoms with E-state index in [4.69, 9.17) is 23.7 Å². The van der Waals surface area contributed by atoms with Crippen LogP contribution in [0.4, 0.5) is 0 Å². The van der Waals surface area contributed by atoms with Crippen molar-refractivity contribution in [2.45, 2.75) is 25.3 Å². The number of hydrogen-bond donors (Lipinski definition) is 0. The average molecular weight is 443 g/mol. The smallest absolute Gasteiger partial charge is 0.328 e. The summed E-state index contributed by atoms with van der Waals surface area (Å²) in [6.45, 7) is 0.697. The van der Waals surface area contributed by atoms with Crippen LogP contribution in [-0.4, -0.2) is 64.4 Å². The van der Waals surface area contributed by atoms with E-state index >= 15 is 0 Å². The molecule has 1 saturated heterocycles. The first-order chi connectivity index (χ1) is 15.5. The van der Waals surface area contributed by atoms with Gasteiger partial charge in [-0.15, -0.1) is 0 Å². The van der Waals surface area contributed by atoms with Gasteiger partial charge in [0.05, 0.1) is 40.6 Å². The Morgan fingerprint density at radius 3 is 2.34 bits per heavy atom. The van der Waals surface area contributed by atoms with E-state index in [2.05, 4.69) is 0 Å². The number of methoxy groups -OCH3 is 4. The van der Waals surface area contributed by atoms with Gasteiger partial charge in [0, 0.05) is 19.0 Å². The summed E-state index contributed by atoms with van der Waals surface area (Å²) in [7, 11) is 6.20. The van der Waals surface area contributed by atoms with Gasteiger partial charge in [0.2, 0.25) is 0 Å². The van der Waals surface area contributed by atoms with E-state index in [0.717, 1.165) is 12.0 Å². The number of ether oxygens (including phenoxy) is 5. The third-order valence-electron chi connectivity index (χ3n) is 5.51. The number of hydrogen-bond acceptors (Lipinski definition) is 7. The Balaban J connectivity index is 1.63. The molecule has 1 fully saturated rings. The zero-order chi connectivity index (χ0) is 23.1. The van der Waals surface area contributed by atoms with Gasteiger partial charge in [-0.05, 0) is 42.7 Å². The average Bonchev–Trinajstić information content (AvgIpc) is 3.33. The fourth-order valence-corrected chi connectivity index (χ4v) is 3.79. The van der Waals surface area contributed by atoms with Crippen LogP contribution in [0.1, 0.15) is 28.8 Å². The summed E-state index contributed by atoms with van der Waals surface area (Å²) >= 11 is 0. The number of amides is 1. The predicted molar refractivity (Wildman–Crippen MR) is 118 cm³/mol. The topological polar surface area (TPSA) is 83.5 Å². The molecule has 0 saturated carbocycles. The van der Waals surface area contributed by atoms with Crippen LogP contribution < -0.4 is 18.9 Å². The summed E-state index contributed by atoms with van der Waals surface area (Å²) in [5, 5.41) is 0. The molecule has 8 nitrogen and oxygen atoms in total. The first kappa shape index (κ1) is 23.2. The Morgan fingerprint density at radius 2 is 1.66 bits per heavy atom. The minimum atomic E-state index is -0.611. The lowest BCUT2D eigenvalue weighted by Gasteiger charge is -2.24. The molecule has 0 N–H and O–H groups in total. The van der Waals surface area contributed by atoms with Crippen molar-refractivity contribution in [2.75, 3.05) is 41.6 Å². The molecule has 0 bridgehead atoms. The van der Waals surface area contributed by atoms with E-state index in [1.165, 1.54) is 7.11 Å². The standard InChI is InChI=1S/C24H29NO7/c1-28-17-8-9-18(21(15-17)30-3)23(26)25-12-5-6-19(25)24(27)32-13-11-16-7-10-20(29-2)22(14-16)31-4/h7-10,14-15,19H,5-6,11-13H2,1-4H3/t19-/m0/s1. The van der Waals surface area contributed by atoms with Crippen molar-refractivity contribution >= 4 is 11.9 Å². The van der Waals surface area contributed by atoms with Crippen molar-refractivity contribution in [2.24, 2.45) is 0 Å². The number of nitrogens with zero attached hydrogens (tertiary/aromatic N) is 1. The highest BCUT2D eigenvalue weighted by Gasteiger charge is 2.36. The van der Waals surface area contributed by atoms with E-state index in [1.807, 2.05) is 18.2 Å². The second kappa shape index (κ2) is 10.7. The van der Waals surface area contributed by atoms with Gasteiger partial charge in [0.15, 0.2) is 11.5 Å². The second-order valence-electron chi connectivity index (χ2n) is 7.33. The minimum Gasteiger partial charge on any atom is -0.497 e. The number of benzene rings is 2. The molecule has 2 aromatic carbocycles. The van der Waals surface area contributed by atoms with Crippen molar-refractivity contribution in [3.8, 4) is 23.0 Å². The first-order valence-electron chi connectivity index (χ1n) is 10.4. The normalized spacial score (nSPS) is 15.2. The molecule has 0 unspecified atom stereocenters. The van der Waals surface area contributed by atoms with Gasteiger partial charge in [-0.25, -0.2) is 4.79 Å². The maximum atomic E-state index is 13.1. The van der Waals surface area contributed by atoms with Crippen molar-refractivity contribution in [3.63, 3.8) is 0 Å². The maximum Gasteiger partial charge on any atom is 0.328 e. The summed E-state index contributed by atoms with van der Waals surface area (Å²) in [5.41, 5.74) is 1.34. The Morgan fingerprint density at radius 1 is 0.906 bits per heavy atom. The molecule has 0 radical (unpaired) electrons. The number of esters is 1. The molecule has 0 spiro atoms.